The number of nitrogens with zero attached hydrogens (tertiary/aromatic N) is 6. The van der Waals surface area contributed by atoms with Gasteiger partial charge in [-0.05, 0) is 64.7 Å². The maximum absolute atomic E-state index is 13.1. The van der Waals surface area contributed by atoms with Crippen LogP contribution in [0.25, 0.3) is 0 Å². The van der Waals surface area contributed by atoms with Crippen molar-refractivity contribution >= 4 is 11.9 Å². The molecule has 0 radical (unpaired) electrons. The van der Waals surface area contributed by atoms with Gasteiger partial charge in [0.1, 0.15) is 0 Å². The molecule has 0 aromatic carbocycles. The van der Waals surface area contributed by atoms with E-state index in [1.807, 2.05) is 71.4 Å². The van der Waals surface area contributed by atoms with Gasteiger partial charge in [0.2, 0.25) is 11.8 Å². The Hall–Kier alpha value is -3.12. The summed E-state index contributed by atoms with van der Waals surface area (Å²) in [5.74, 6) is -0.716. The average molecular weight is 673 g/mol. The summed E-state index contributed by atoms with van der Waals surface area (Å²) in [6.45, 7) is 11.6. The van der Waals surface area contributed by atoms with E-state index in [0.29, 0.717) is 88.9 Å². The normalized spacial score (nSPS) is 17.4. The number of hydrogen-bond acceptors (Lipinski definition) is 10. The third kappa shape index (κ3) is 11.5. The molecule has 2 aliphatic carbocycles. The molecule has 2 fully saturated rings. The van der Waals surface area contributed by atoms with E-state index in [9.17, 15) is 9.59 Å². The minimum Gasteiger partial charge on any atom is -0.477 e. The molecule has 0 bridgehead atoms. The van der Waals surface area contributed by atoms with Crippen molar-refractivity contribution in [3.05, 3.63) is 24.5 Å². The quantitative estimate of drug-likeness (QED) is 0.0666. The van der Waals surface area contributed by atoms with Gasteiger partial charge in [-0.3, -0.25) is 19.2 Å². The number of carbonyl (C=O) groups is 2. The van der Waals surface area contributed by atoms with Crippen LogP contribution >= 0.6 is 0 Å². The second kappa shape index (κ2) is 20.4. The summed E-state index contributed by atoms with van der Waals surface area (Å²) in [6.07, 6.45) is 17.5. The van der Waals surface area contributed by atoms with E-state index in [2.05, 4.69) is 10.2 Å². The third-order valence-electron chi connectivity index (χ3n) is 9.85. The standard InChI is InChI=1S/C36H60N6O6/c1-5-39(6-2)33(21-15-27-45-31-23-25-41(37-31)29-17-11-9-12-18-29)47-35(43)36(44)48-34(40(7-3)8-4)22-16-28-46-32-24-26-42(38-32)30-19-13-10-14-20-30/h23-26,29-30,33-34H,5-22,27-28H2,1-4H3. The molecule has 0 spiro atoms. The van der Waals surface area contributed by atoms with Gasteiger partial charge in [0.05, 0.1) is 25.3 Å². The summed E-state index contributed by atoms with van der Waals surface area (Å²) < 4.78 is 27.4. The van der Waals surface area contributed by atoms with E-state index in [0.717, 1.165) is 25.7 Å². The molecule has 2 atom stereocenters. The molecule has 48 heavy (non-hydrogen) atoms. The average Bonchev–Trinajstić information content (AvgIpc) is 3.80. The number of aromatic nitrogens is 4. The van der Waals surface area contributed by atoms with Crippen molar-refractivity contribution in [1.29, 1.82) is 0 Å². The van der Waals surface area contributed by atoms with Crippen molar-refractivity contribution in [2.45, 2.75) is 142 Å². The van der Waals surface area contributed by atoms with E-state index < -0.39 is 24.4 Å². The van der Waals surface area contributed by atoms with Gasteiger partial charge < -0.3 is 18.9 Å². The molecule has 270 valence electrons. The van der Waals surface area contributed by atoms with Crippen molar-refractivity contribution in [2.75, 3.05) is 39.4 Å². The topological polar surface area (TPSA) is 113 Å². The largest absolute Gasteiger partial charge is 0.477 e. The highest BCUT2D eigenvalue weighted by Gasteiger charge is 2.29. The Morgan fingerprint density at radius 1 is 0.667 bits per heavy atom. The lowest BCUT2D eigenvalue weighted by Gasteiger charge is -2.30. The fourth-order valence-electron chi connectivity index (χ4n) is 7.00. The molecule has 2 unspecified atom stereocenters. The SMILES string of the molecule is CCN(CC)C(CCCOc1ccn(C2CCCCC2)n1)OC(=O)C(=O)OC(CCCOc1ccn(C2CCCCC2)n1)N(CC)CC. The molecule has 0 saturated heterocycles. The lowest BCUT2D eigenvalue weighted by Crippen LogP contribution is -2.43. The predicted octanol–water partition coefficient (Wildman–Crippen LogP) is 6.53. The fourth-order valence-corrected chi connectivity index (χ4v) is 7.00. The summed E-state index contributed by atoms with van der Waals surface area (Å²) >= 11 is 0. The summed E-state index contributed by atoms with van der Waals surface area (Å²) in [6, 6.07) is 4.74. The zero-order valence-corrected chi connectivity index (χ0v) is 29.9. The highest BCUT2D eigenvalue weighted by atomic mass is 16.6. The summed E-state index contributed by atoms with van der Waals surface area (Å²) in [4.78, 5) is 30.2. The Bertz CT molecular complexity index is 1110. The van der Waals surface area contributed by atoms with E-state index in [-0.39, 0.29) is 0 Å². The molecule has 12 nitrogen and oxygen atoms in total. The van der Waals surface area contributed by atoms with Crippen LogP contribution in [0.5, 0.6) is 11.8 Å². The van der Waals surface area contributed by atoms with Gasteiger partial charge >= 0.3 is 11.9 Å². The Morgan fingerprint density at radius 3 is 1.40 bits per heavy atom. The number of carbonyl (C=O) groups excluding carboxylic acids is 2. The van der Waals surface area contributed by atoms with Gasteiger partial charge in [-0.2, -0.15) is 0 Å². The van der Waals surface area contributed by atoms with Crippen LogP contribution in [0.3, 0.4) is 0 Å². The molecule has 2 heterocycles. The second-order valence-electron chi connectivity index (χ2n) is 13.0. The maximum atomic E-state index is 13.1. The van der Waals surface area contributed by atoms with Crippen LogP contribution in [0.2, 0.25) is 0 Å². The summed E-state index contributed by atoms with van der Waals surface area (Å²) in [5, 5.41) is 9.25. The van der Waals surface area contributed by atoms with Crippen molar-refractivity contribution in [1.82, 2.24) is 29.4 Å². The minimum absolute atomic E-state index is 0.439. The highest BCUT2D eigenvalue weighted by Crippen LogP contribution is 2.29. The number of rotatable bonds is 20. The second-order valence-corrected chi connectivity index (χ2v) is 13.0. The van der Waals surface area contributed by atoms with E-state index in [1.54, 1.807) is 0 Å². The Kier molecular flexibility index (Phi) is 16.0. The van der Waals surface area contributed by atoms with Crippen LogP contribution in [-0.2, 0) is 19.1 Å². The zero-order valence-electron chi connectivity index (χ0n) is 29.9. The Morgan fingerprint density at radius 2 is 1.04 bits per heavy atom. The van der Waals surface area contributed by atoms with Crippen LogP contribution in [0.4, 0.5) is 0 Å². The molecular formula is C36H60N6O6. The lowest BCUT2D eigenvalue weighted by atomic mass is 9.96. The first-order valence-corrected chi connectivity index (χ1v) is 18.7. The Balaban J connectivity index is 1.23. The first kappa shape index (κ1) is 37.7. The smallest absolute Gasteiger partial charge is 0.419 e. The molecule has 2 aliphatic rings. The third-order valence-corrected chi connectivity index (χ3v) is 9.85. The zero-order chi connectivity index (χ0) is 34.1. The van der Waals surface area contributed by atoms with Crippen molar-refractivity contribution in [3.63, 3.8) is 0 Å². The molecule has 4 rings (SSSR count). The highest BCUT2D eigenvalue weighted by molar-refractivity contribution is 6.29. The van der Waals surface area contributed by atoms with Crippen molar-refractivity contribution < 1.29 is 28.5 Å². The Labute approximate surface area is 287 Å². The predicted molar refractivity (Wildman–Crippen MR) is 184 cm³/mol. The van der Waals surface area contributed by atoms with Gasteiger partial charge in [0.25, 0.3) is 0 Å². The first-order valence-electron chi connectivity index (χ1n) is 18.7. The molecule has 2 saturated carbocycles. The van der Waals surface area contributed by atoms with Gasteiger partial charge in [-0.15, -0.1) is 10.2 Å². The summed E-state index contributed by atoms with van der Waals surface area (Å²) in [5.41, 5.74) is 0. The molecule has 2 aromatic rings. The van der Waals surface area contributed by atoms with E-state index in [4.69, 9.17) is 18.9 Å². The van der Waals surface area contributed by atoms with E-state index >= 15 is 0 Å². The van der Waals surface area contributed by atoms with Gasteiger partial charge in [0, 0.05) is 37.4 Å². The molecule has 12 heteroatoms. The van der Waals surface area contributed by atoms with Crippen LogP contribution in [0.15, 0.2) is 24.5 Å². The fraction of sp³-hybridized carbons (Fsp3) is 0.778. The van der Waals surface area contributed by atoms with Crippen LogP contribution in [-0.4, -0.2) is 93.1 Å². The maximum Gasteiger partial charge on any atom is 0.419 e. The van der Waals surface area contributed by atoms with Gasteiger partial charge in [-0.1, -0.05) is 66.2 Å². The van der Waals surface area contributed by atoms with Crippen molar-refractivity contribution in [2.24, 2.45) is 0 Å². The van der Waals surface area contributed by atoms with Crippen LogP contribution in [0, 0.1) is 0 Å². The number of hydrogen-bond donors (Lipinski definition) is 0. The van der Waals surface area contributed by atoms with Crippen LogP contribution < -0.4 is 9.47 Å². The lowest BCUT2D eigenvalue weighted by molar-refractivity contribution is -0.185. The van der Waals surface area contributed by atoms with Gasteiger partial charge in [-0.25, -0.2) is 9.59 Å². The van der Waals surface area contributed by atoms with Crippen molar-refractivity contribution in [3.8, 4) is 11.8 Å². The number of ether oxygens (including phenoxy) is 4. The summed E-state index contributed by atoms with van der Waals surface area (Å²) in [7, 11) is 0. The molecule has 0 amide bonds. The first-order chi connectivity index (χ1) is 23.4. The monoisotopic (exact) mass is 672 g/mol. The molecular weight excluding hydrogens is 612 g/mol. The minimum atomic E-state index is -0.972. The molecule has 0 N–H and O–H groups in total. The van der Waals surface area contributed by atoms with Gasteiger partial charge in [0.15, 0.2) is 12.5 Å². The number of esters is 2. The van der Waals surface area contributed by atoms with Crippen LogP contribution in [0.1, 0.15) is 130 Å². The molecule has 0 aliphatic heterocycles. The molecule has 2 aromatic heterocycles. The van der Waals surface area contributed by atoms with E-state index in [1.165, 1.54) is 38.5 Å².